The van der Waals surface area contributed by atoms with Gasteiger partial charge in [0, 0.05) is 42.7 Å². The van der Waals surface area contributed by atoms with Gasteiger partial charge in [-0.3, -0.25) is 0 Å². The standard InChI is InChI=1S/C27H30N8O2/c1-18-29-9-6-24(32-18)33-21-7-10-34(11-8-21)25-5-4-19(14-30-25)23-12-22(37-17-27(2,3)36)16-35-26(23)20(13-28)15-31-35/h4-6,9,12,14-16,21,36H,7-8,10-11,17H2,1-3H3,(H,29,32,33). The number of aryl methyl sites for hydroxylation is 1. The van der Waals surface area contributed by atoms with Gasteiger partial charge in [-0.15, -0.1) is 0 Å². The van der Waals surface area contributed by atoms with Gasteiger partial charge in [-0.2, -0.15) is 10.4 Å². The molecule has 0 bridgehead atoms. The normalized spacial score (nSPS) is 14.5. The molecular formula is C27H30N8O2. The summed E-state index contributed by atoms with van der Waals surface area (Å²) < 4.78 is 7.46. The molecule has 10 nitrogen and oxygen atoms in total. The maximum Gasteiger partial charge on any atom is 0.138 e. The molecule has 1 fully saturated rings. The van der Waals surface area contributed by atoms with Gasteiger partial charge in [-0.05, 0) is 57.9 Å². The highest BCUT2D eigenvalue weighted by molar-refractivity contribution is 5.85. The van der Waals surface area contributed by atoms with Crippen LogP contribution in [0.2, 0.25) is 0 Å². The first kappa shape index (κ1) is 24.5. The highest BCUT2D eigenvalue weighted by atomic mass is 16.5. The molecule has 0 atom stereocenters. The summed E-state index contributed by atoms with van der Waals surface area (Å²) in [6.07, 6.45) is 8.82. The number of nitrogens with zero attached hydrogens (tertiary/aromatic N) is 7. The quantitative estimate of drug-likeness (QED) is 0.393. The lowest BCUT2D eigenvalue weighted by molar-refractivity contribution is 0.0283. The number of aromatic nitrogens is 5. The highest BCUT2D eigenvalue weighted by Gasteiger charge is 2.21. The van der Waals surface area contributed by atoms with E-state index in [0.29, 0.717) is 22.9 Å². The van der Waals surface area contributed by atoms with E-state index in [4.69, 9.17) is 9.72 Å². The molecule has 10 heteroatoms. The zero-order valence-corrected chi connectivity index (χ0v) is 21.2. The second kappa shape index (κ2) is 10.0. The van der Waals surface area contributed by atoms with E-state index in [9.17, 15) is 10.4 Å². The van der Waals surface area contributed by atoms with E-state index in [2.05, 4.69) is 31.4 Å². The predicted octanol–water partition coefficient (Wildman–Crippen LogP) is 3.60. The number of nitrogens with one attached hydrogen (secondary N) is 1. The summed E-state index contributed by atoms with van der Waals surface area (Å²) in [7, 11) is 0. The fourth-order valence-electron chi connectivity index (χ4n) is 4.47. The van der Waals surface area contributed by atoms with Crippen LogP contribution in [0.3, 0.4) is 0 Å². The van der Waals surface area contributed by atoms with Crippen molar-refractivity contribution in [2.24, 2.45) is 0 Å². The zero-order chi connectivity index (χ0) is 26.0. The summed E-state index contributed by atoms with van der Waals surface area (Å²) in [5, 5.41) is 27.5. The van der Waals surface area contributed by atoms with Gasteiger partial charge in [-0.1, -0.05) is 0 Å². The number of nitriles is 1. The monoisotopic (exact) mass is 498 g/mol. The molecule has 0 aromatic carbocycles. The Hall–Kier alpha value is -4.23. The molecule has 0 saturated carbocycles. The molecule has 4 aromatic rings. The van der Waals surface area contributed by atoms with Crippen molar-refractivity contribution in [1.29, 1.82) is 5.26 Å². The number of aliphatic hydroxyl groups is 1. The van der Waals surface area contributed by atoms with Crippen LogP contribution in [0.25, 0.3) is 16.6 Å². The molecule has 1 aliphatic rings. The molecule has 5 heterocycles. The molecule has 190 valence electrons. The Kier molecular flexibility index (Phi) is 6.63. The number of fused-ring (bicyclic) bond motifs is 1. The molecule has 0 unspecified atom stereocenters. The van der Waals surface area contributed by atoms with E-state index >= 15 is 0 Å². The molecule has 0 aliphatic carbocycles. The van der Waals surface area contributed by atoms with Crippen molar-refractivity contribution in [2.75, 3.05) is 29.9 Å². The van der Waals surface area contributed by atoms with E-state index in [-0.39, 0.29) is 6.61 Å². The summed E-state index contributed by atoms with van der Waals surface area (Å²) in [5.74, 6) is 3.09. The second-order valence-corrected chi connectivity index (χ2v) is 9.95. The molecule has 1 saturated heterocycles. The molecular weight excluding hydrogens is 468 g/mol. The lowest BCUT2D eigenvalue weighted by Gasteiger charge is -2.33. The number of anilines is 2. The number of hydrogen-bond donors (Lipinski definition) is 2. The average molecular weight is 499 g/mol. The Morgan fingerprint density at radius 2 is 2.00 bits per heavy atom. The predicted molar refractivity (Wildman–Crippen MR) is 141 cm³/mol. The minimum Gasteiger partial charge on any atom is -0.489 e. The van der Waals surface area contributed by atoms with Crippen LogP contribution in [-0.2, 0) is 0 Å². The van der Waals surface area contributed by atoms with Crippen molar-refractivity contribution in [3.63, 3.8) is 0 Å². The van der Waals surface area contributed by atoms with E-state index < -0.39 is 5.60 Å². The summed E-state index contributed by atoms with van der Waals surface area (Å²) in [5.41, 5.74) is 1.84. The van der Waals surface area contributed by atoms with Crippen LogP contribution in [0.1, 0.15) is 38.1 Å². The van der Waals surface area contributed by atoms with Crippen LogP contribution < -0.4 is 15.0 Å². The topological polar surface area (TPSA) is 124 Å². The summed E-state index contributed by atoms with van der Waals surface area (Å²) in [4.78, 5) is 15.6. The van der Waals surface area contributed by atoms with Crippen LogP contribution in [0.15, 0.2) is 49.1 Å². The van der Waals surface area contributed by atoms with Crippen molar-refractivity contribution >= 4 is 17.2 Å². The smallest absolute Gasteiger partial charge is 0.138 e. The Bertz CT molecular complexity index is 1430. The first-order valence-electron chi connectivity index (χ1n) is 12.3. The molecule has 0 amide bonds. The minimum atomic E-state index is -0.975. The highest BCUT2D eigenvalue weighted by Crippen LogP contribution is 2.32. The van der Waals surface area contributed by atoms with Crippen LogP contribution in [0.4, 0.5) is 11.6 Å². The SMILES string of the molecule is Cc1nccc(NC2CCN(c3ccc(-c4cc(OCC(C)(C)O)cn5ncc(C#N)c45)cn3)CC2)n1. The molecule has 0 radical (unpaired) electrons. The van der Waals surface area contributed by atoms with E-state index in [1.165, 1.54) is 0 Å². The largest absolute Gasteiger partial charge is 0.489 e. The van der Waals surface area contributed by atoms with E-state index in [1.807, 2.05) is 37.4 Å². The summed E-state index contributed by atoms with van der Waals surface area (Å²) in [6.45, 7) is 7.17. The Morgan fingerprint density at radius 3 is 2.68 bits per heavy atom. The van der Waals surface area contributed by atoms with Crippen LogP contribution >= 0.6 is 0 Å². The Balaban J connectivity index is 1.33. The first-order chi connectivity index (χ1) is 17.8. The number of ether oxygens (including phenoxy) is 1. The second-order valence-electron chi connectivity index (χ2n) is 9.95. The van der Waals surface area contributed by atoms with Gasteiger partial charge < -0.3 is 20.1 Å². The Labute approximate surface area is 215 Å². The van der Waals surface area contributed by atoms with Gasteiger partial charge in [-0.25, -0.2) is 19.5 Å². The van der Waals surface area contributed by atoms with Gasteiger partial charge in [0.15, 0.2) is 0 Å². The minimum absolute atomic E-state index is 0.128. The molecule has 0 spiro atoms. The lowest BCUT2D eigenvalue weighted by Crippen LogP contribution is -2.39. The maximum absolute atomic E-state index is 10.1. The van der Waals surface area contributed by atoms with Crippen LogP contribution in [0.5, 0.6) is 5.75 Å². The third-order valence-electron chi connectivity index (χ3n) is 6.31. The van der Waals surface area contributed by atoms with E-state index in [1.54, 1.807) is 37.0 Å². The molecule has 37 heavy (non-hydrogen) atoms. The third-order valence-corrected chi connectivity index (χ3v) is 6.31. The fraction of sp³-hybridized carbons (Fsp3) is 0.370. The maximum atomic E-state index is 10.1. The van der Waals surface area contributed by atoms with Crippen molar-refractivity contribution < 1.29 is 9.84 Å². The number of pyridine rings is 2. The van der Waals surface area contributed by atoms with Crippen molar-refractivity contribution in [3.8, 4) is 22.9 Å². The first-order valence-corrected chi connectivity index (χ1v) is 12.3. The number of hydrogen-bond acceptors (Lipinski definition) is 9. The van der Waals surface area contributed by atoms with Gasteiger partial charge in [0.25, 0.3) is 0 Å². The lowest BCUT2D eigenvalue weighted by atomic mass is 10.0. The summed E-state index contributed by atoms with van der Waals surface area (Å²) >= 11 is 0. The fourth-order valence-corrected chi connectivity index (χ4v) is 4.47. The van der Waals surface area contributed by atoms with Gasteiger partial charge >= 0.3 is 0 Å². The molecule has 4 aromatic heterocycles. The van der Waals surface area contributed by atoms with Gasteiger partial charge in [0.1, 0.15) is 35.9 Å². The van der Waals surface area contributed by atoms with E-state index in [0.717, 1.165) is 54.5 Å². The van der Waals surface area contributed by atoms with Crippen molar-refractivity contribution in [2.45, 2.75) is 45.3 Å². The van der Waals surface area contributed by atoms with Gasteiger partial charge in [0.2, 0.25) is 0 Å². The number of rotatable bonds is 7. The third kappa shape index (κ3) is 5.62. The molecule has 1 aliphatic heterocycles. The van der Waals surface area contributed by atoms with Crippen LogP contribution in [-0.4, -0.2) is 61.0 Å². The van der Waals surface area contributed by atoms with Crippen LogP contribution in [0, 0.1) is 18.3 Å². The van der Waals surface area contributed by atoms with Crippen molar-refractivity contribution in [3.05, 3.63) is 60.4 Å². The zero-order valence-electron chi connectivity index (χ0n) is 21.2. The van der Waals surface area contributed by atoms with Gasteiger partial charge in [0.05, 0.1) is 29.1 Å². The molecule has 5 rings (SSSR count). The average Bonchev–Trinajstić information content (AvgIpc) is 3.30. The molecule has 2 N–H and O–H groups in total. The Morgan fingerprint density at radius 1 is 1.19 bits per heavy atom. The number of piperidine rings is 1. The van der Waals surface area contributed by atoms with Crippen molar-refractivity contribution in [1.82, 2.24) is 24.6 Å². The summed E-state index contributed by atoms with van der Waals surface area (Å²) in [6, 6.07) is 10.4.